The molecule has 0 aliphatic carbocycles. The van der Waals surface area contributed by atoms with E-state index < -0.39 is 38.1 Å². The van der Waals surface area contributed by atoms with Gasteiger partial charge in [-0.15, -0.1) is 12.3 Å². The van der Waals surface area contributed by atoms with E-state index in [1.165, 1.54) is 0 Å². The minimum Gasteiger partial charge on any atom is -0.477 e. The highest BCUT2D eigenvalue weighted by Gasteiger charge is 2.26. The number of carbonyl (C=O) groups is 1. The highest BCUT2D eigenvalue weighted by atomic mass is 32.2. The first kappa shape index (κ1) is 15.1. The van der Waals surface area contributed by atoms with Gasteiger partial charge in [0, 0.05) is 13.0 Å². The maximum atomic E-state index is 13.7. The molecule has 5 nitrogen and oxygen atoms in total. The molecular weight excluding hydrogens is 280 g/mol. The van der Waals surface area contributed by atoms with E-state index in [1.54, 1.807) is 0 Å². The van der Waals surface area contributed by atoms with E-state index in [-0.39, 0.29) is 13.0 Å². The number of rotatable bonds is 5. The summed E-state index contributed by atoms with van der Waals surface area (Å²) in [4.78, 5) is 9.72. The summed E-state index contributed by atoms with van der Waals surface area (Å²) in [7, 11) is -4.29. The Morgan fingerprint density at radius 3 is 2.58 bits per heavy atom. The van der Waals surface area contributed by atoms with Crippen LogP contribution in [0.25, 0.3) is 0 Å². The Bertz CT molecular complexity index is 649. The van der Waals surface area contributed by atoms with Crippen LogP contribution in [-0.2, 0) is 10.0 Å². The van der Waals surface area contributed by atoms with E-state index in [2.05, 4.69) is 5.92 Å². The van der Waals surface area contributed by atoms with Gasteiger partial charge in [-0.05, 0) is 12.1 Å². The summed E-state index contributed by atoms with van der Waals surface area (Å²) in [6.07, 6.45) is 5.00. The van der Waals surface area contributed by atoms with Crippen molar-refractivity contribution < 1.29 is 27.1 Å². The zero-order chi connectivity index (χ0) is 14.6. The monoisotopic (exact) mass is 289 g/mol. The van der Waals surface area contributed by atoms with Gasteiger partial charge in [-0.25, -0.2) is 26.7 Å². The Balaban J connectivity index is 3.26. The minimum atomic E-state index is -4.29. The molecule has 1 aromatic carbocycles. The Hall–Kier alpha value is -1.98. The van der Waals surface area contributed by atoms with Gasteiger partial charge in [-0.1, -0.05) is 0 Å². The van der Waals surface area contributed by atoms with Gasteiger partial charge in [-0.2, -0.15) is 0 Å². The van der Waals surface area contributed by atoms with E-state index in [0.29, 0.717) is 12.1 Å². The molecule has 0 aliphatic heterocycles. The molecule has 19 heavy (non-hydrogen) atoms. The molecule has 0 heterocycles. The van der Waals surface area contributed by atoms with Crippen LogP contribution in [0.5, 0.6) is 0 Å². The number of nitrogens with one attached hydrogen (secondary N) is 1. The average Bonchev–Trinajstić information content (AvgIpc) is 2.28. The fourth-order valence-electron chi connectivity index (χ4n) is 1.27. The number of carboxylic acid groups (broad SMARTS) is 1. The first-order valence-corrected chi connectivity index (χ1v) is 6.44. The molecule has 0 fully saturated rings. The molecular formula is C11H9F2NO4S. The Kier molecular flexibility index (Phi) is 4.58. The smallest absolute Gasteiger partial charge is 0.341 e. The summed E-state index contributed by atoms with van der Waals surface area (Å²) >= 11 is 0. The molecule has 0 saturated heterocycles. The lowest BCUT2D eigenvalue weighted by Crippen LogP contribution is -2.26. The van der Waals surface area contributed by atoms with Crippen molar-refractivity contribution in [3.8, 4) is 12.3 Å². The molecule has 0 aliphatic rings. The van der Waals surface area contributed by atoms with Gasteiger partial charge in [0.2, 0.25) is 10.0 Å². The second-order valence-corrected chi connectivity index (χ2v) is 5.13. The summed E-state index contributed by atoms with van der Waals surface area (Å²) in [5.74, 6) is -2.73. The third-order valence-corrected chi connectivity index (χ3v) is 3.60. The second kappa shape index (κ2) is 5.77. The van der Waals surface area contributed by atoms with Crippen molar-refractivity contribution in [2.75, 3.05) is 6.54 Å². The van der Waals surface area contributed by atoms with Gasteiger partial charge in [0.15, 0.2) is 5.82 Å². The van der Waals surface area contributed by atoms with E-state index in [4.69, 9.17) is 11.5 Å². The molecule has 2 N–H and O–H groups in total. The van der Waals surface area contributed by atoms with Crippen LogP contribution in [0.2, 0.25) is 0 Å². The van der Waals surface area contributed by atoms with Crippen molar-refractivity contribution in [3.05, 3.63) is 29.3 Å². The maximum absolute atomic E-state index is 13.7. The van der Waals surface area contributed by atoms with Gasteiger partial charge >= 0.3 is 5.97 Å². The molecule has 1 rings (SSSR count). The number of hydrogen-bond donors (Lipinski definition) is 2. The van der Waals surface area contributed by atoms with Crippen LogP contribution in [-0.4, -0.2) is 26.0 Å². The summed E-state index contributed by atoms with van der Waals surface area (Å²) < 4.78 is 52.2. The van der Waals surface area contributed by atoms with E-state index >= 15 is 0 Å². The van der Waals surface area contributed by atoms with Gasteiger partial charge in [0.1, 0.15) is 16.3 Å². The van der Waals surface area contributed by atoms with E-state index in [1.807, 2.05) is 4.72 Å². The van der Waals surface area contributed by atoms with E-state index in [0.717, 1.165) is 0 Å². The van der Waals surface area contributed by atoms with Crippen molar-refractivity contribution in [1.82, 2.24) is 4.72 Å². The Labute approximate surface area is 108 Å². The Morgan fingerprint density at radius 1 is 1.42 bits per heavy atom. The molecule has 0 aromatic heterocycles. The van der Waals surface area contributed by atoms with Crippen molar-refractivity contribution in [2.24, 2.45) is 0 Å². The predicted octanol–water partition coefficient (Wildman–Crippen LogP) is 0.965. The molecule has 0 saturated carbocycles. The van der Waals surface area contributed by atoms with Crippen LogP contribution in [0.4, 0.5) is 8.78 Å². The molecule has 102 valence electrons. The lowest BCUT2D eigenvalue weighted by atomic mass is 10.2. The van der Waals surface area contributed by atoms with Crippen molar-refractivity contribution in [2.45, 2.75) is 11.3 Å². The van der Waals surface area contributed by atoms with Gasteiger partial charge in [0.05, 0.1) is 0 Å². The lowest BCUT2D eigenvalue weighted by Gasteiger charge is -2.08. The molecule has 8 heteroatoms. The number of carboxylic acids is 1. The third-order valence-electron chi connectivity index (χ3n) is 2.12. The molecule has 1 aromatic rings. The van der Waals surface area contributed by atoms with Crippen molar-refractivity contribution in [3.63, 3.8) is 0 Å². The minimum absolute atomic E-state index is 0.0772. The first-order valence-electron chi connectivity index (χ1n) is 4.95. The standard InChI is InChI=1S/C11H9F2NO4S/c1-2-3-6-14-19(17,18)8-5-4-7(12)9(10(8)13)11(15)16/h1,4-5,14H,3,6H2,(H,15,16). The zero-order valence-corrected chi connectivity index (χ0v) is 10.3. The lowest BCUT2D eigenvalue weighted by molar-refractivity contribution is 0.0685. The summed E-state index contributed by atoms with van der Waals surface area (Å²) in [6, 6.07) is 1.22. The van der Waals surface area contributed by atoms with Gasteiger partial charge in [-0.3, -0.25) is 0 Å². The van der Waals surface area contributed by atoms with Crippen molar-refractivity contribution >= 4 is 16.0 Å². The van der Waals surface area contributed by atoms with Gasteiger partial charge in [0.25, 0.3) is 0 Å². The third kappa shape index (κ3) is 3.27. The highest BCUT2D eigenvalue weighted by molar-refractivity contribution is 7.89. The van der Waals surface area contributed by atoms with Gasteiger partial charge < -0.3 is 5.11 Å². The highest BCUT2D eigenvalue weighted by Crippen LogP contribution is 2.20. The largest absolute Gasteiger partial charge is 0.477 e. The average molecular weight is 289 g/mol. The molecule has 0 amide bonds. The van der Waals surface area contributed by atoms with Crippen LogP contribution >= 0.6 is 0 Å². The van der Waals surface area contributed by atoms with Crippen LogP contribution in [0.3, 0.4) is 0 Å². The fraction of sp³-hybridized carbons (Fsp3) is 0.182. The zero-order valence-electron chi connectivity index (χ0n) is 9.48. The summed E-state index contributed by atoms with van der Waals surface area (Å²) in [5.41, 5.74) is -1.32. The fourth-order valence-corrected chi connectivity index (χ4v) is 2.38. The molecule has 0 radical (unpaired) electrons. The van der Waals surface area contributed by atoms with Crippen LogP contribution in [0.1, 0.15) is 16.8 Å². The molecule has 0 unspecified atom stereocenters. The quantitative estimate of drug-likeness (QED) is 0.625. The number of halogens is 2. The number of aromatic carboxylic acids is 1. The molecule has 0 spiro atoms. The predicted molar refractivity (Wildman–Crippen MR) is 62.0 cm³/mol. The number of terminal acetylenes is 1. The summed E-state index contributed by atoms with van der Waals surface area (Å²) in [5, 5.41) is 8.63. The SMILES string of the molecule is C#CCCNS(=O)(=O)c1ccc(F)c(C(=O)O)c1F. The Morgan fingerprint density at radius 2 is 2.05 bits per heavy atom. The normalized spacial score (nSPS) is 11.0. The van der Waals surface area contributed by atoms with Crippen molar-refractivity contribution in [1.29, 1.82) is 0 Å². The van der Waals surface area contributed by atoms with E-state index in [9.17, 15) is 22.0 Å². The van der Waals surface area contributed by atoms with Crippen LogP contribution in [0, 0.1) is 24.0 Å². The topological polar surface area (TPSA) is 83.5 Å². The number of sulfonamides is 1. The molecule has 0 bridgehead atoms. The van der Waals surface area contributed by atoms with Crippen LogP contribution in [0.15, 0.2) is 17.0 Å². The maximum Gasteiger partial charge on any atom is 0.341 e. The number of hydrogen-bond acceptors (Lipinski definition) is 3. The second-order valence-electron chi connectivity index (χ2n) is 3.39. The van der Waals surface area contributed by atoms with Crippen LogP contribution < -0.4 is 4.72 Å². The summed E-state index contributed by atoms with van der Waals surface area (Å²) in [6.45, 7) is -0.141. The number of benzene rings is 1. The molecule has 0 atom stereocenters. The first-order chi connectivity index (χ1) is 8.81.